The van der Waals surface area contributed by atoms with Crippen molar-refractivity contribution in [1.29, 1.82) is 0 Å². The number of carbonyl (C=O) groups excluding carboxylic acids is 1. The lowest BCUT2D eigenvalue weighted by Crippen LogP contribution is -2.45. The maximum atomic E-state index is 12.7. The summed E-state index contributed by atoms with van der Waals surface area (Å²) in [5.41, 5.74) is 2.03. The third-order valence-electron chi connectivity index (χ3n) is 6.43. The third-order valence-corrected chi connectivity index (χ3v) is 6.43. The molecule has 2 N–H and O–H groups in total. The number of nitrogens with one attached hydrogen (secondary N) is 2. The van der Waals surface area contributed by atoms with E-state index in [0.29, 0.717) is 6.04 Å². The van der Waals surface area contributed by atoms with Gasteiger partial charge in [0.1, 0.15) is 0 Å². The largest absolute Gasteiger partial charge is 0.355 e. The first-order chi connectivity index (χ1) is 13.7. The second kappa shape index (κ2) is 8.95. The first-order valence-electron chi connectivity index (χ1n) is 10.9. The van der Waals surface area contributed by atoms with E-state index in [-0.39, 0.29) is 11.8 Å². The molecule has 0 radical (unpaired) electrons. The van der Waals surface area contributed by atoms with Crippen molar-refractivity contribution in [3.05, 3.63) is 24.3 Å². The van der Waals surface area contributed by atoms with Crippen molar-refractivity contribution in [1.82, 2.24) is 20.2 Å². The summed E-state index contributed by atoms with van der Waals surface area (Å²) in [4.78, 5) is 25.5. The van der Waals surface area contributed by atoms with E-state index < -0.39 is 0 Å². The van der Waals surface area contributed by atoms with E-state index in [1.165, 1.54) is 32.1 Å². The molecule has 2 aromatic rings. The van der Waals surface area contributed by atoms with Crippen LogP contribution in [0.1, 0.15) is 44.9 Å². The smallest absolute Gasteiger partial charge is 0.224 e. The Morgan fingerprint density at radius 3 is 2.86 bits per heavy atom. The molecule has 1 saturated heterocycles. The zero-order valence-electron chi connectivity index (χ0n) is 17.0. The zero-order chi connectivity index (χ0) is 19.3. The van der Waals surface area contributed by atoms with Crippen molar-refractivity contribution in [2.45, 2.75) is 51.0 Å². The first-order valence-corrected chi connectivity index (χ1v) is 10.9. The van der Waals surface area contributed by atoms with E-state index in [1.807, 2.05) is 24.3 Å². The fourth-order valence-corrected chi connectivity index (χ4v) is 4.68. The highest BCUT2D eigenvalue weighted by Crippen LogP contribution is 2.24. The summed E-state index contributed by atoms with van der Waals surface area (Å²) in [6.45, 7) is 3.38. The predicted molar refractivity (Wildman–Crippen MR) is 114 cm³/mol. The Hall–Kier alpha value is -2.08. The summed E-state index contributed by atoms with van der Waals surface area (Å²) in [5, 5.41) is 3.18. The SMILES string of the molecule is CN(CCNC(=O)C1CCCN(c2nc3ccccc3[nH]2)C1)C1CCCCC1. The van der Waals surface area contributed by atoms with Gasteiger partial charge in [0.15, 0.2) is 0 Å². The molecular formula is C22H33N5O. The minimum atomic E-state index is 0.0435. The molecule has 2 fully saturated rings. The lowest BCUT2D eigenvalue weighted by Gasteiger charge is -2.33. The monoisotopic (exact) mass is 383 g/mol. The average molecular weight is 384 g/mol. The summed E-state index contributed by atoms with van der Waals surface area (Å²) in [5.74, 6) is 1.12. The molecule has 28 heavy (non-hydrogen) atoms. The molecule has 0 spiro atoms. The summed E-state index contributed by atoms with van der Waals surface area (Å²) in [6, 6.07) is 8.78. The minimum absolute atomic E-state index is 0.0435. The van der Waals surface area contributed by atoms with Gasteiger partial charge in [0.2, 0.25) is 11.9 Å². The summed E-state index contributed by atoms with van der Waals surface area (Å²) >= 11 is 0. The molecule has 2 heterocycles. The van der Waals surface area contributed by atoms with Gasteiger partial charge in [-0.3, -0.25) is 4.79 Å². The van der Waals surface area contributed by atoms with Crippen molar-refractivity contribution in [2.24, 2.45) is 5.92 Å². The molecule has 4 rings (SSSR count). The Morgan fingerprint density at radius 2 is 2.04 bits per heavy atom. The number of carbonyl (C=O) groups is 1. The van der Waals surface area contributed by atoms with Crippen LogP contribution in [0.2, 0.25) is 0 Å². The number of nitrogens with zero attached hydrogens (tertiary/aromatic N) is 3. The molecule has 1 aliphatic carbocycles. The number of piperidine rings is 1. The molecule has 0 bridgehead atoms. The van der Waals surface area contributed by atoms with Crippen LogP contribution in [0.5, 0.6) is 0 Å². The number of para-hydroxylation sites is 2. The molecule has 1 aromatic heterocycles. The van der Waals surface area contributed by atoms with Gasteiger partial charge < -0.3 is 20.1 Å². The van der Waals surface area contributed by atoms with Crippen LogP contribution in [0.3, 0.4) is 0 Å². The number of aromatic nitrogens is 2. The van der Waals surface area contributed by atoms with Crippen molar-refractivity contribution >= 4 is 22.9 Å². The molecule has 1 unspecified atom stereocenters. The fourth-order valence-electron chi connectivity index (χ4n) is 4.68. The molecule has 1 atom stereocenters. The molecular weight excluding hydrogens is 350 g/mol. The van der Waals surface area contributed by atoms with Crippen LogP contribution in [0.4, 0.5) is 5.95 Å². The number of amides is 1. The Kier molecular flexibility index (Phi) is 6.15. The Bertz CT molecular complexity index is 749. The van der Waals surface area contributed by atoms with Crippen molar-refractivity contribution in [2.75, 3.05) is 38.1 Å². The number of hydrogen-bond acceptors (Lipinski definition) is 4. The van der Waals surface area contributed by atoms with Gasteiger partial charge in [0.25, 0.3) is 0 Å². The Balaban J connectivity index is 1.27. The Labute approximate surface area is 167 Å². The van der Waals surface area contributed by atoms with Crippen LogP contribution in [-0.4, -0.2) is 60.0 Å². The number of H-pyrrole nitrogens is 1. The number of aromatic amines is 1. The number of imidazole rings is 1. The van der Waals surface area contributed by atoms with Gasteiger partial charge in [0.05, 0.1) is 17.0 Å². The molecule has 1 aromatic carbocycles. The van der Waals surface area contributed by atoms with Crippen molar-refractivity contribution in [3.8, 4) is 0 Å². The number of likely N-dealkylation sites (N-methyl/N-ethyl adjacent to an activating group) is 1. The minimum Gasteiger partial charge on any atom is -0.355 e. The molecule has 152 valence electrons. The van der Waals surface area contributed by atoms with Gasteiger partial charge in [-0.25, -0.2) is 4.98 Å². The number of hydrogen-bond donors (Lipinski definition) is 2. The zero-order valence-corrected chi connectivity index (χ0v) is 17.0. The third kappa shape index (κ3) is 4.49. The van der Waals surface area contributed by atoms with Crippen LogP contribution >= 0.6 is 0 Å². The lowest BCUT2D eigenvalue weighted by atomic mass is 9.94. The number of benzene rings is 1. The van der Waals surface area contributed by atoms with E-state index in [1.54, 1.807) is 0 Å². The predicted octanol–water partition coefficient (Wildman–Crippen LogP) is 3.16. The van der Waals surface area contributed by atoms with Gasteiger partial charge >= 0.3 is 0 Å². The molecule has 1 amide bonds. The second-order valence-electron chi connectivity index (χ2n) is 8.43. The van der Waals surface area contributed by atoms with E-state index in [4.69, 9.17) is 4.98 Å². The topological polar surface area (TPSA) is 64.3 Å². The lowest BCUT2D eigenvalue weighted by molar-refractivity contribution is -0.125. The van der Waals surface area contributed by atoms with Crippen LogP contribution in [-0.2, 0) is 4.79 Å². The summed E-state index contributed by atoms with van der Waals surface area (Å²) < 4.78 is 0. The van der Waals surface area contributed by atoms with Gasteiger partial charge in [-0.1, -0.05) is 31.4 Å². The van der Waals surface area contributed by atoms with E-state index >= 15 is 0 Å². The summed E-state index contributed by atoms with van der Waals surface area (Å²) in [7, 11) is 2.20. The molecule has 1 saturated carbocycles. The standard InChI is InChI=1S/C22H33N5O/c1-26(18-9-3-2-4-10-18)15-13-23-21(28)17-8-7-14-27(16-17)22-24-19-11-5-6-12-20(19)25-22/h5-6,11-12,17-18H,2-4,7-10,13-16H2,1H3,(H,23,28)(H,24,25). The van der Waals surface area contributed by atoms with Crippen molar-refractivity contribution in [3.63, 3.8) is 0 Å². The molecule has 6 heteroatoms. The highest BCUT2D eigenvalue weighted by molar-refractivity contribution is 5.80. The van der Waals surface area contributed by atoms with E-state index in [0.717, 1.165) is 56.0 Å². The molecule has 2 aliphatic rings. The molecule has 1 aliphatic heterocycles. The van der Waals surface area contributed by atoms with Crippen LogP contribution in [0, 0.1) is 5.92 Å². The van der Waals surface area contributed by atoms with E-state index in [9.17, 15) is 4.79 Å². The second-order valence-corrected chi connectivity index (χ2v) is 8.43. The Morgan fingerprint density at radius 1 is 1.21 bits per heavy atom. The van der Waals surface area contributed by atoms with Crippen molar-refractivity contribution < 1.29 is 4.79 Å². The maximum Gasteiger partial charge on any atom is 0.224 e. The fraction of sp³-hybridized carbons (Fsp3) is 0.636. The summed E-state index contributed by atoms with van der Waals surface area (Å²) in [6.07, 6.45) is 8.67. The van der Waals surface area contributed by atoms with E-state index in [2.05, 4.69) is 27.1 Å². The number of anilines is 1. The average Bonchev–Trinajstić information content (AvgIpc) is 3.19. The van der Waals surface area contributed by atoms with Crippen LogP contribution < -0.4 is 10.2 Å². The maximum absolute atomic E-state index is 12.7. The number of fused-ring (bicyclic) bond motifs is 1. The quantitative estimate of drug-likeness (QED) is 0.804. The van der Waals surface area contributed by atoms with Gasteiger partial charge in [0, 0.05) is 32.2 Å². The highest BCUT2D eigenvalue weighted by Gasteiger charge is 2.27. The van der Waals surface area contributed by atoms with Crippen LogP contribution in [0.15, 0.2) is 24.3 Å². The van der Waals surface area contributed by atoms with Gasteiger partial charge in [-0.05, 0) is 44.9 Å². The first kappa shape index (κ1) is 19.2. The molecule has 6 nitrogen and oxygen atoms in total. The van der Waals surface area contributed by atoms with Gasteiger partial charge in [-0.2, -0.15) is 0 Å². The van der Waals surface area contributed by atoms with Gasteiger partial charge in [-0.15, -0.1) is 0 Å². The number of rotatable bonds is 6. The van der Waals surface area contributed by atoms with Crippen LogP contribution in [0.25, 0.3) is 11.0 Å². The normalized spacial score (nSPS) is 21.4. The highest BCUT2D eigenvalue weighted by atomic mass is 16.1.